The SMILES string of the molecule is COc1nnc(CN)n1C1C2CC3CC(C2)CC1C3. The van der Waals surface area contributed by atoms with Gasteiger partial charge in [0.2, 0.25) is 0 Å². The molecule has 0 amide bonds. The van der Waals surface area contributed by atoms with Gasteiger partial charge in [0.1, 0.15) is 5.82 Å². The highest BCUT2D eigenvalue weighted by molar-refractivity contribution is 5.10. The summed E-state index contributed by atoms with van der Waals surface area (Å²) in [6.45, 7) is 0.444. The summed E-state index contributed by atoms with van der Waals surface area (Å²) in [7, 11) is 1.68. The van der Waals surface area contributed by atoms with E-state index in [4.69, 9.17) is 10.5 Å². The zero-order valence-electron chi connectivity index (χ0n) is 11.5. The van der Waals surface area contributed by atoms with Crippen LogP contribution in [0.5, 0.6) is 6.01 Å². The molecule has 4 bridgehead atoms. The standard InChI is InChI=1S/C14H22N4O/c1-19-14-17-16-12(7-15)18(14)13-10-3-8-2-9(5-10)6-11(13)4-8/h8-11,13H,2-7,15H2,1H3. The van der Waals surface area contributed by atoms with Crippen LogP contribution in [0.15, 0.2) is 0 Å². The molecule has 1 aromatic rings. The molecule has 4 saturated carbocycles. The van der Waals surface area contributed by atoms with Gasteiger partial charge in [-0.15, -0.1) is 5.10 Å². The topological polar surface area (TPSA) is 66.0 Å². The average molecular weight is 262 g/mol. The summed E-state index contributed by atoms with van der Waals surface area (Å²) in [6.07, 6.45) is 6.99. The molecule has 0 aliphatic heterocycles. The van der Waals surface area contributed by atoms with Crippen LogP contribution in [-0.4, -0.2) is 21.9 Å². The molecule has 0 spiro atoms. The van der Waals surface area contributed by atoms with E-state index in [1.54, 1.807) is 7.11 Å². The summed E-state index contributed by atoms with van der Waals surface area (Å²) in [5.41, 5.74) is 5.83. The second kappa shape index (κ2) is 4.20. The van der Waals surface area contributed by atoms with E-state index in [-0.39, 0.29) is 0 Å². The lowest BCUT2D eigenvalue weighted by atomic mass is 9.54. The van der Waals surface area contributed by atoms with Gasteiger partial charge in [0.15, 0.2) is 0 Å². The normalized spacial score (nSPS) is 39.8. The van der Waals surface area contributed by atoms with E-state index < -0.39 is 0 Å². The third-order valence-corrected chi connectivity index (χ3v) is 5.58. The molecule has 4 aliphatic carbocycles. The fraction of sp³-hybridized carbons (Fsp3) is 0.857. The molecule has 0 atom stereocenters. The van der Waals surface area contributed by atoms with E-state index in [1.165, 1.54) is 32.1 Å². The van der Waals surface area contributed by atoms with Crippen LogP contribution in [0, 0.1) is 23.7 Å². The minimum atomic E-state index is 0.444. The third-order valence-electron chi connectivity index (χ3n) is 5.58. The van der Waals surface area contributed by atoms with Crippen LogP contribution in [-0.2, 0) is 6.54 Å². The highest BCUT2D eigenvalue weighted by Gasteiger charge is 2.50. The number of nitrogens with two attached hydrogens (primary N) is 1. The van der Waals surface area contributed by atoms with Crippen LogP contribution < -0.4 is 10.5 Å². The fourth-order valence-electron chi connectivity index (χ4n) is 5.20. The van der Waals surface area contributed by atoms with E-state index in [0.717, 1.165) is 29.5 Å². The molecule has 2 N–H and O–H groups in total. The smallest absolute Gasteiger partial charge is 0.316 e. The van der Waals surface area contributed by atoms with Crippen LogP contribution in [0.1, 0.15) is 44.0 Å². The van der Waals surface area contributed by atoms with Gasteiger partial charge in [0.05, 0.1) is 13.7 Å². The molecule has 19 heavy (non-hydrogen) atoms. The molecule has 0 aromatic carbocycles. The maximum absolute atomic E-state index is 5.83. The first-order valence-electron chi connectivity index (χ1n) is 7.48. The number of rotatable bonds is 3. The molecule has 4 aliphatic rings. The Morgan fingerprint density at radius 1 is 1.11 bits per heavy atom. The van der Waals surface area contributed by atoms with Crippen LogP contribution >= 0.6 is 0 Å². The highest BCUT2D eigenvalue weighted by atomic mass is 16.5. The summed E-state index contributed by atoms with van der Waals surface area (Å²) >= 11 is 0. The average Bonchev–Trinajstić information content (AvgIpc) is 2.80. The first kappa shape index (κ1) is 11.7. The lowest BCUT2D eigenvalue weighted by molar-refractivity contribution is -0.0324. The molecule has 5 rings (SSSR count). The molecular weight excluding hydrogens is 240 g/mol. The summed E-state index contributed by atoms with van der Waals surface area (Å²) < 4.78 is 7.63. The van der Waals surface area contributed by atoms with Crippen molar-refractivity contribution in [1.82, 2.24) is 14.8 Å². The van der Waals surface area contributed by atoms with Gasteiger partial charge in [-0.2, -0.15) is 0 Å². The number of ether oxygens (including phenoxy) is 1. The molecule has 0 saturated heterocycles. The van der Waals surface area contributed by atoms with E-state index in [1.807, 2.05) is 0 Å². The van der Waals surface area contributed by atoms with Gasteiger partial charge in [0, 0.05) is 6.04 Å². The van der Waals surface area contributed by atoms with E-state index >= 15 is 0 Å². The van der Waals surface area contributed by atoms with Crippen molar-refractivity contribution in [2.24, 2.45) is 29.4 Å². The maximum Gasteiger partial charge on any atom is 0.316 e. The third kappa shape index (κ3) is 1.64. The molecule has 4 fully saturated rings. The van der Waals surface area contributed by atoms with Crippen molar-refractivity contribution in [3.63, 3.8) is 0 Å². The van der Waals surface area contributed by atoms with Crippen molar-refractivity contribution in [3.8, 4) is 6.01 Å². The molecule has 0 radical (unpaired) electrons. The van der Waals surface area contributed by atoms with Crippen LogP contribution in [0.3, 0.4) is 0 Å². The Balaban J connectivity index is 1.74. The summed E-state index contributed by atoms with van der Waals surface area (Å²) in [6, 6.07) is 1.18. The number of methoxy groups -OCH3 is 1. The molecule has 5 heteroatoms. The zero-order valence-corrected chi connectivity index (χ0v) is 11.5. The molecule has 5 nitrogen and oxygen atoms in total. The van der Waals surface area contributed by atoms with Crippen molar-refractivity contribution >= 4 is 0 Å². The van der Waals surface area contributed by atoms with E-state index in [2.05, 4.69) is 14.8 Å². The quantitative estimate of drug-likeness (QED) is 0.901. The van der Waals surface area contributed by atoms with Crippen molar-refractivity contribution in [3.05, 3.63) is 5.82 Å². The fourth-order valence-corrected chi connectivity index (χ4v) is 5.20. The van der Waals surface area contributed by atoms with Crippen molar-refractivity contribution < 1.29 is 4.74 Å². The Kier molecular flexibility index (Phi) is 2.59. The van der Waals surface area contributed by atoms with Crippen LogP contribution in [0.25, 0.3) is 0 Å². The Morgan fingerprint density at radius 2 is 1.74 bits per heavy atom. The highest BCUT2D eigenvalue weighted by Crippen LogP contribution is 2.58. The minimum absolute atomic E-state index is 0.444. The Morgan fingerprint density at radius 3 is 2.26 bits per heavy atom. The summed E-state index contributed by atoms with van der Waals surface area (Å²) in [5.74, 6) is 4.40. The van der Waals surface area contributed by atoms with Gasteiger partial charge < -0.3 is 10.5 Å². The van der Waals surface area contributed by atoms with Gasteiger partial charge in [-0.05, 0) is 55.8 Å². The van der Waals surface area contributed by atoms with Gasteiger partial charge in [0.25, 0.3) is 0 Å². The van der Waals surface area contributed by atoms with Crippen LogP contribution in [0.4, 0.5) is 0 Å². The minimum Gasteiger partial charge on any atom is -0.467 e. The molecule has 104 valence electrons. The Bertz CT molecular complexity index is 434. The number of hydrogen-bond acceptors (Lipinski definition) is 4. The Labute approximate surface area is 113 Å². The lowest BCUT2D eigenvalue weighted by Gasteiger charge is -2.54. The predicted molar refractivity (Wildman–Crippen MR) is 70.5 cm³/mol. The van der Waals surface area contributed by atoms with Gasteiger partial charge in [-0.3, -0.25) is 4.57 Å². The number of aromatic nitrogens is 3. The number of nitrogens with zero attached hydrogens (tertiary/aromatic N) is 3. The van der Waals surface area contributed by atoms with Crippen LogP contribution in [0.2, 0.25) is 0 Å². The molecule has 1 aromatic heterocycles. The van der Waals surface area contributed by atoms with E-state index in [9.17, 15) is 0 Å². The predicted octanol–water partition coefficient (Wildman–Crippen LogP) is 1.74. The number of hydrogen-bond donors (Lipinski definition) is 1. The van der Waals surface area contributed by atoms with Gasteiger partial charge in [-0.25, -0.2) is 0 Å². The van der Waals surface area contributed by atoms with Crippen molar-refractivity contribution in [1.29, 1.82) is 0 Å². The summed E-state index contributed by atoms with van der Waals surface area (Å²) in [5, 5.41) is 8.35. The monoisotopic (exact) mass is 262 g/mol. The Hall–Kier alpha value is -1.10. The largest absolute Gasteiger partial charge is 0.467 e. The second-order valence-corrected chi connectivity index (χ2v) is 6.60. The molecule has 0 unspecified atom stereocenters. The molecule has 1 heterocycles. The van der Waals surface area contributed by atoms with Crippen molar-refractivity contribution in [2.45, 2.75) is 44.7 Å². The lowest BCUT2D eigenvalue weighted by Crippen LogP contribution is -2.46. The van der Waals surface area contributed by atoms with Gasteiger partial charge >= 0.3 is 6.01 Å². The molecular formula is C14H22N4O. The van der Waals surface area contributed by atoms with E-state index in [0.29, 0.717) is 18.6 Å². The second-order valence-electron chi connectivity index (χ2n) is 6.60. The summed E-state index contributed by atoms with van der Waals surface area (Å²) in [4.78, 5) is 0. The first-order valence-corrected chi connectivity index (χ1v) is 7.48. The zero-order chi connectivity index (χ0) is 13.0. The maximum atomic E-state index is 5.83. The first-order chi connectivity index (χ1) is 9.30. The van der Waals surface area contributed by atoms with Crippen molar-refractivity contribution in [2.75, 3.05) is 7.11 Å². The van der Waals surface area contributed by atoms with Gasteiger partial charge in [-0.1, -0.05) is 5.10 Å².